The maximum absolute atomic E-state index is 12.3. The predicted molar refractivity (Wildman–Crippen MR) is 80.6 cm³/mol. The summed E-state index contributed by atoms with van der Waals surface area (Å²) in [5.41, 5.74) is 1.73. The van der Waals surface area contributed by atoms with Crippen LogP contribution in [0.5, 0.6) is 0 Å². The first-order valence-corrected chi connectivity index (χ1v) is 7.71. The molecule has 0 fully saturated rings. The van der Waals surface area contributed by atoms with E-state index in [1.54, 1.807) is 4.90 Å². The van der Waals surface area contributed by atoms with Gasteiger partial charge >= 0.3 is 6.09 Å². The molecule has 2 heterocycles. The van der Waals surface area contributed by atoms with Crippen LogP contribution in [0.1, 0.15) is 51.3 Å². The Bertz CT molecular complexity index is 519. The van der Waals surface area contributed by atoms with Crippen molar-refractivity contribution in [2.45, 2.75) is 52.2 Å². The van der Waals surface area contributed by atoms with E-state index in [0.717, 1.165) is 22.3 Å². The van der Waals surface area contributed by atoms with Crippen LogP contribution in [0.2, 0.25) is 0 Å². The van der Waals surface area contributed by atoms with Gasteiger partial charge in [0.15, 0.2) is 0 Å². The van der Waals surface area contributed by atoms with Crippen LogP contribution in [0, 0.1) is 0 Å². The second kappa shape index (κ2) is 5.39. The molecule has 1 aliphatic heterocycles. The summed E-state index contributed by atoms with van der Waals surface area (Å²) in [5, 5.41) is 4.56. The summed E-state index contributed by atoms with van der Waals surface area (Å²) in [6, 6.07) is 0. The van der Waals surface area contributed by atoms with Gasteiger partial charge in [-0.25, -0.2) is 4.79 Å². The highest BCUT2D eigenvalue weighted by Gasteiger charge is 2.33. The van der Waals surface area contributed by atoms with E-state index in [0.29, 0.717) is 13.1 Å². The molecule has 0 bridgehead atoms. The average molecular weight is 344 g/mol. The zero-order chi connectivity index (χ0) is 15.1. The number of nitrogens with zero attached hydrogens (tertiary/aromatic N) is 3. The first-order chi connectivity index (χ1) is 9.23. The number of carbonyl (C=O) groups is 1. The molecule has 1 aromatic rings. The molecule has 0 aromatic carbocycles. The second-order valence-corrected chi connectivity index (χ2v) is 7.00. The number of amides is 1. The molecule has 6 heteroatoms. The van der Waals surface area contributed by atoms with Crippen molar-refractivity contribution in [3.8, 4) is 0 Å². The lowest BCUT2D eigenvalue weighted by Crippen LogP contribution is -2.41. The summed E-state index contributed by atoms with van der Waals surface area (Å²) in [5.74, 6) is 0.267. The highest BCUT2D eigenvalue weighted by molar-refractivity contribution is 9.10. The molecule has 0 saturated heterocycles. The number of fused-ring (bicyclic) bond motifs is 1. The number of halogens is 1. The van der Waals surface area contributed by atoms with E-state index in [-0.39, 0.29) is 12.0 Å². The first-order valence-electron chi connectivity index (χ1n) is 6.92. The molecule has 112 valence electrons. The van der Waals surface area contributed by atoms with Gasteiger partial charge in [-0.05, 0) is 43.1 Å². The van der Waals surface area contributed by atoms with E-state index >= 15 is 0 Å². The van der Waals surface area contributed by atoms with Crippen LogP contribution in [0.25, 0.3) is 0 Å². The zero-order valence-electron chi connectivity index (χ0n) is 12.7. The molecule has 5 nitrogen and oxygen atoms in total. The summed E-state index contributed by atoms with van der Waals surface area (Å²) in [6.07, 6.45) is 0.702. The lowest BCUT2D eigenvalue weighted by Gasteiger charge is -2.33. The van der Waals surface area contributed by atoms with Gasteiger partial charge in [0, 0.05) is 25.1 Å². The van der Waals surface area contributed by atoms with Crippen molar-refractivity contribution in [3.05, 3.63) is 15.9 Å². The number of aryl methyl sites for hydroxylation is 1. The third-order valence-electron chi connectivity index (χ3n) is 3.42. The van der Waals surface area contributed by atoms with E-state index in [1.165, 1.54) is 0 Å². The van der Waals surface area contributed by atoms with Gasteiger partial charge in [-0.1, -0.05) is 6.92 Å². The van der Waals surface area contributed by atoms with Gasteiger partial charge in [-0.3, -0.25) is 4.68 Å². The molecule has 0 N–H and O–H groups in total. The number of carbonyl (C=O) groups excluding carboxylic acids is 1. The molecule has 2 rings (SSSR count). The summed E-state index contributed by atoms with van der Waals surface area (Å²) in [6.45, 7) is 9.00. The van der Waals surface area contributed by atoms with Crippen LogP contribution in [-0.2, 0) is 18.3 Å². The van der Waals surface area contributed by atoms with Gasteiger partial charge in [0.2, 0.25) is 0 Å². The lowest BCUT2D eigenvalue weighted by molar-refractivity contribution is 0.0203. The first kappa shape index (κ1) is 15.4. The standard InChI is InChI=1S/C14H22BrN3O2/c1-6-9-7-18(13(19)20-14(2,3)4)8-10-11(9)16-17(5)12(10)15/h9H,6-8H2,1-5H3. The lowest BCUT2D eigenvalue weighted by atomic mass is 9.94. The van der Waals surface area contributed by atoms with Crippen molar-refractivity contribution < 1.29 is 9.53 Å². The van der Waals surface area contributed by atoms with E-state index in [2.05, 4.69) is 28.0 Å². The maximum atomic E-state index is 12.3. The van der Waals surface area contributed by atoms with Crippen LogP contribution in [-0.4, -0.2) is 32.9 Å². The largest absolute Gasteiger partial charge is 0.444 e. The second-order valence-electron chi connectivity index (χ2n) is 6.24. The number of aromatic nitrogens is 2. The van der Waals surface area contributed by atoms with Crippen molar-refractivity contribution in [2.75, 3.05) is 6.54 Å². The van der Waals surface area contributed by atoms with E-state index < -0.39 is 5.60 Å². The topological polar surface area (TPSA) is 47.4 Å². The van der Waals surface area contributed by atoms with Gasteiger partial charge in [-0.2, -0.15) is 5.10 Å². The van der Waals surface area contributed by atoms with Gasteiger partial charge < -0.3 is 9.64 Å². The molecule has 1 atom stereocenters. The minimum absolute atomic E-state index is 0.252. The fraction of sp³-hybridized carbons (Fsp3) is 0.714. The van der Waals surface area contributed by atoms with Gasteiger partial charge in [0.1, 0.15) is 10.2 Å². The normalized spacial score (nSPS) is 18.9. The van der Waals surface area contributed by atoms with E-state index in [9.17, 15) is 4.79 Å². The molecule has 0 spiro atoms. The Morgan fingerprint density at radius 3 is 2.70 bits per heavy atom. The van der Waals surface area contributed by atoms with Gasteiger partial charge in [0.25, 0.3) is 0 Å². The van der Waals surface area contributed by atoms with Crippen LogP contribution >= 0.6 is 15.9 Å². The summed E-state index contributed by atoms with van der Waals surface area (Å²) in [7, 11) is 1.91. The number of hydrogen-bond acceptors (Lipinski definition) is 3. The highest BCUT2D eigenvalue weighted by atomic mass is 79.9. The minimum Gasteiger partial charge on any atom is -0.444 e. The van der Waals surface area contributed by atoms with E-state index in [1.807, 2.05) is 32.5 Å². The summed E-state index contributed by atoms with van der Waals surface area (Å²) in [4.78, 5) is 14.0. The fourth-order valence-corrected chi connectivity index (χ4v) is 2.84. The molecule has 1 amide bonds. The number of ether oxygens (including phenoxy) is 1. The van der Waals surface area contributed by atoms with Gasteiger partial charge in [-0.15, -0.1) is 0 Å². The molecular weight excluding hydrogens is 322 g/mol. The monoisotopic (exact) mass is 343 g/mol. The molecule has 1 unspecified atom stereocenters. The van der Waals surface area contributed by atoms with Crippen molar-refractivity contribution >= 4 is 22.0 Å². The third kappa shape index (κ3) is 3.00. The number of rotatable bonds is 1. The molecule has 0 radical (unpaired) electrons. The van der Waals surface area contributed by atoms with Gasteiger partial charge in [0.05, 0.1) is 12.2 Å². The van der Waals surface area contributed by atoms with Crippen LogP contribution in [0.4, 0.5) is 4.79 Å². The third-order valence-corrected chi connectivity index (χ3v) is 4.41. The van der Waals surface area contributed by atoms with Crippen LogP contribution < -0.4 is 0 Å². The Balaban J connectivity index is 2.25. The Morgan fingerprint density at radius 1 is 1.50 bits per heavy atom. The molecule has 0 saturated carbocycles. The highest BCUT2D eigenvalue weighted by Crippen LogP contribution is 2.34. The molecule has 20 heavy (non-hydrogen) atoms. The molecular formula is C14H22BrN3O2. The average Bonchev–Trinajstić information content (AvgIpc) is 2.62. The Labute approximate surface area is 128 Å². The van der Waals surface area contributed by atoms with Crippen molar-refractivity contribution in [1.82, 2.24) is 14.7 Å². The predicted octanol–water partition coefficient (Wildman–Crippen LogP) is 3.43. The Hall–Kier alpha value is -1.04. The number of hydrogen-bond donors (Lipinski definition) is 0. The Morgan fingerprint density at radius 2 is 2.15 bits per heavy atom. The SMILES string of the molecule is CCC1CN(C(=O)OC(C)(C)C)Cc2c1nn(C)c2Br. The van der Waals surface area contributed by atoms with E-state index in [4.69, 9.17) is 4.74 Å². The zero-order valence-corrected chi connectivity index (χ0v) is 14.3. The smallest absolute Gasteiger partial charge is 0.410 e. The Kier molecular flexibility index (Phi) is 4.14. The molecule has 0 aliphatic carbocycles. The molecule has 1 aliphatic rings. The minimum atomic E-state index is -0.467. The fourth-order valence-electron chi connectivity index (χ4n) is 2.44. The van der Waals surface area contributed by atoms with Crippen molar-refractivity contribution in [1.29, 1.82) is 0 Å². The molecule has 1 aromatic heterocycles. The summed E-state index contributed by atoms with van der Waals surface area (Å²) < 4.78 is 8.25. The van der Waals surface area contributed by atoms with Crippen LogP contribution in [0.15, 0.2) is 4.60 Å². The van der Waals surface area contributed by atoms with Crippen molar-refractivity contribution in [3.63, 3.8) is 0 Å². The maximum Gasteiger partial charge on any atom is 0.410 e. The van der Waals surface area contributed by atoms with Crippen molar-refractivity contribution in [2.24, 2.45) is 7.05 Å². The quantitative estimate of drug-likeness (QED) is 0.784. The summed E-state index contributed by atoms with van der Waals surface area (Å²) >= 11 is 3.55. The van der Waals surface area contributed by atoms with Crippen LogP contribution in [0.3, 0.4) is 0 Å².